The quantitative estimate of drug-likeness (QED) is 0.464. The van der Waals surface area contributed by atoms with E-state index >= 15 is 0 Å². The molecule has 3 aromatic rings. The summed E-state index contributed by atoms with van der Waals surface area (Å²) in [6.07, 6.45) is 2.64. The molecule has 2 amide bonds. The Morgan fingerprint density at radius 1 is 1.05 bits per heavy atom. The van der Waals surface area contributed by atoms with Crippen LogP contribution in [0.3, 0.4) is 0 Å². The van der Waals surface area contributed by atoms with Crippen LogP contribution < -0.4 is 29.6 Å². The number of likely N-dealkylation sites (tertiary alicyclic amines) is 1. The number of aryl methyl sites for hydroxylation is 2. The third kappa shape index (κ3) is 7.57. The largest absolute Gasteiger partial charge is 0.496 e. The van der Waals surface area contributed by atoms with E-state index in [4.69, 9.17) is 18.9 Å². The van der Waals surface area contributed by atoms with Crippen LogP contribution in [-0.2, 0) is 29.1 Å². The van der Waals surface area contributed by atoms with Crippen molar-refractivity contribution in [1.29, 1.82) is 0 Å². The van der Waals surface area contributed by atoms with Crippen molar-refractivity contribution >= 4 is 11.8 Å². The van der Waals surface area contributed by atoms with Crippen molar-refractivity contribution < 1.29 is 32.9 Å². The first-order valence-corrected chi connectivity index (χ1v) is 14.8. The number of nitrogens with zero attached hydrogens (tertiary/aromatic N) is 2. The molecular formula is C33H39FN4O6. The highest BCUT2D eigenvalue weighted by molar-refractivity contribution is 5.78. The molecule has 2 atom stereocenters. The second kappa shape index (κ2) is 13.9. The fourth-order valence-electron chi connectivity index (χ4n) is 5.76. The van der Waals surface area contributed by atoms with Gasteiger partial charge >= 0.3 is 0 Å². The summed E-state index contributed by atoms with van der Waals surface area (Å²) in [5.74, 6) is 1.09. The number of piperidine rings is 1. The minimum Gasteiger partial charge on any atom is -0.496 e. The van der Waals surface area contributed by atoms with Crippen LogP contribution in [0.4, 0.5) is 4.39 Å². The van der Waals surface area contributed by atoms with E-state index < -0.39 is 18.0 Å². The van der Waals surface area contributed by atoms with E-state index in [-0.39, 0.29) is 31.4 Å². The Bertz CT molecular complexity index is 1520. The SMILES string of the molecule is COc1ccc2cc1OCC(=O)N[C@@H]1CN(Cc3ncc(C)c(OC)c3C)CC[C@H]1Oc1cc(F)cc(c1)CNC(=O)CC2. The summed E-state index contributed by atoms with van der Waals surface area (Å²) >= 11 is 0. The molecule has 11 heteroatoms. The standard InChI is InChI=1S/C33H39FN4O6/c1-20-15-35-26(21(2)33(20)42-4)17-38-10-9-28-27(18-38)37-32(40)19-43-30-13-22(5-7-29(30)41-3)6-8-31(39)36-16-23-11-24(34)14-25(12-23)44-28/h5,7,11-15,27-28H,6,8-10,16-19H2,1-4H3,(H,36,39)(H,37,40)/t27-,28-/m1/s1. The minimum atomic E-state index is -0.465. The molecule has 2 aliphatic heterocycles. The molecule has 0 unspecified atom stereocenters. The number of amides is 2. The lowest BCUT2D eigenvalue weighted by molar-refractivity contribution is -0.125. The summed E-state index contributed by atoms with van der Waals surface area (Å²) in [5, 5.41) is 5.96. The molecule has 0 saturated carbocycles. The Morgan fingerprint density at radius 2 is 1.89 bits per heavy atom. The van der Waals surface area contributed by atoms with Crippen molar-refractivity contribution in [2.24, 2.45) is 0 Å². The molecule has 0 radical (unpaired) electrons. The Kier molecular flexibility index (Phi) is 9.84. The van der Waals surface area contributed by atoms with Gasteiger partial charge in [0.2, 0.25) is 5.91 Å². The van der Waals surface area contributed by atoms with E-state index in [9.17, 15) is 14.0 Å². The van der Waals surface area contributed by atoms with Crippen molar-refractivity contribution in [3.63, 3.8) is 0 Å². The molecule has 2 aromatic carbocycles. The molecule has 1 aromatic heterocycles. The van der Waals surface area contributed by atoms with Gasteiger partial charge in [0.05, 0.1) is 26.0 Å². The maximum atomic E-state index is 14.6. The molecule has 0 spiro atoms. The zero-order chi connectivity index (χ0) is 31.2. The van der Waals surface area contributed by atoms with Crippen LogP contribution in [0.15, 0.2) is 42.6 Å². The number of carbonyl (C=O) groups is 2. The number of carbonyl (C=O) groups excluding carboxylic acids is 2. The number of methoxy groups -OCH3 is 2. The number of benzene rings is 2. The third-order valence-corrected chi connectivity index (χ3v) is 8.04. The van der Waals surface area contributed by atoms with Crippen LogP contribution in [-0.4, -0.2) is 67.8 Å². The van der Waals surface area contributed by atoms with Crippen LogP contribution in [0.5, 0.6) is 23.0 Å². The number of pyridine rings is 1. The second-order valence-electron chi connectivity index (χ2n) is 11.2. The van der Waals surface area contributed by atoms with Gasteiger partial charge in [-0.3, -0.25) is 19.5 Å². The molecule has 1 fully saturated rings. The zero-order valence-electron chi connectivity index (χ0n) is 25.6. The number of fused-ring (bicyclic) bond motifs is 5. The van der Waals surface area contributed by atoms with Gasteiger partial charge in [-0.15, -0.1) is 0 Å². The Labute approximate surface area is 256 Å². The van der Waals surface area contributed by atoms with Crippen molar-refractivity contribution in [2.75, 3.05) is 33.9 Å². The number of nitrogens with one attached hydrogen (secondary N) is 2. The van der Waals surface area contributed by atoms with E-state index in [1.807, 2.05) is 19.9 Å². The van der Waals surface area contributed by atoms with E-state index in [1.54, 1.807) is 31.5 Å². The van der Waals surface area contributed by atoms with Crippen LogP contribution >= 0.6 is 0 Å². The minimum absolute atomic E-state index is 0.162. The number of ether oxygens (including phenoxy) is 4. The van der Waals surface area contributed by atoms with E-state index in [2.05, 4.69) is 20.5 Å². The maximum absolute atomic E-state index is 14.6. The van der Waals surface area contributed by atoms with Crippen LogP contribution in [0, 0.1) is 19.7 Å². The van der Waals surface area contributed by atoms with Gasteiger partial charge in [-0.1, -0.05) is 6.07 Å². The summed E-state index contributed by atoms with van der Waals surface area (Å²) in [4.78, 5) is 32.7. The van der Waals surface area contributed by atoms with Crippen LogP contribution in [0.25, 0.3) is 0 Å². The lowest BCUT2D eigenvalue weighted by atomic mass is 10.0. The van der Waals surface area contributed by atoms with E-state index in [0.29, 0.717) is 55.3 Å². The first kappa shape index (κ1) is 31.1. The Hall–Kier alpha value is -4.38. The van der Waals surface area contributed by atoms with Gasteiger partial charge in [-0.25, -0.2) is 4.39 Å². The summed E-state index contributed by atoms with van der Waals surface area (Å²) in [5.41, 5.74) is 4.28. The van der Waals surface area contributed by atoms with Gasteiger partial charge in [0.25, 0.3) is 5.91 Å². The van der Waals surface area contributed by atoms with Crippen molar-refractivity contribution in [1.82, 2.24) is 20.5 Å². The number of halogens is 1. The van der Waals surface area contributed by atoms with Crippen molar-refractivity contribution in [2.45, 2.75) is 58.3 Å². The fourth-order valence-corrected chi connectivity index (χ4v) is 5.76. The van der Waals surface area contributed by atoms with Crippen molar-refractivity contribution in [3.05, 3.63) is 76.4 Å². The van der Waals surface area contributed by atoms with Crippen LogP contribution in [0.2, 0.25) is 0 Å². The van der Waals surface area contributed by atoms with Gasteiger partial charge in [0.15, 0.2) is 18.1 Å². The number of rotatable bonds is 4. The van der Waals surface area contributed by atoms with Crippen LogP contribution in [0.1, 0.15) is 40.8 Å². The van der Waals surface area contributed by atoms with E-state index in [0.717, 1.165) is 28.1 Å². The summed E-state index contributed by atoms with van der Waals surface area (Å²) in [7, 11) is 3.18. The highest BCUT2D eigenvalue weighted by Gasteiger charge is 2.33. The average Bonchev–Trinajstić information content (AvgIpc) is 3.00. The Morgan fingerprint density at radius 3 is 2.68 bits per heavy atom. The molecular weight excluding hydrogens is 567 g/mol. The lowest BCUT2D eigenvalue weighted by Gasteiger charge is -2.39. The molecule has 2 aliphatic rings. The Balaban J connectivity index is 1.40. The molecule has 2 N–H and O–H groups in total. The lowest BCUT2D eigenvalue weighted by Crippen LogP contribution is -2.57. The van der Waals surface area contributed by atoms with Gasteiger partial charge in [0.1, 0.15) is 23.4 Å². The summed E-state index contributed by atoms with van der Waals surface area (Å²) in [6, 6.07) is 9.39. The monoisotopic (exact) mass is 606 g/mol. The average molecular weight is 607 g/mol. The maximum Gasteiger partial charge on any atom is 0.258 e. The smallest absolute Gasteiger partial charge is 0.258 e. The van der Waals surface area contributed by atoms with Gasteiger partial charge in [0, 0.05) is 56.0 Å². The normalized spacial score (nSPS) is 19.7. The fraction of sp³-hybridized carbons (Fsp3) is 0.424. The van der Waals surface area contributed by atoms with Gasteiger partial charge in [-0.05, 0) is 62.1 Å². The molecule has 1 saturated heterocycles. The molecule has 234 valence electrons. The van der Waals surface area contributed by atoms with Gasteiger partial charge < -0.3 is 29.6 Å². The van der Waals surface area contributed by atoms with Gasteiger partial charge in [-0.2, -0.15) is 0 Å². The topological polar surface area (TPSA) is 111 Å². The number of hydrogen-bond acceptors (Lipinski definition) is 8. The molecule has 5 rings (SSSR count). The molecule has 10 nitrogen and oxygen atoms in total. The zero-order valence-corrected chi connectivity index (χ0v) is 25.6. The summed E-state index contributed by atoms with van der Waals surface area (Å²) < 4.78 is 37.9. The van der Waals surface area contributed by atoms with E-state index in [1.165, 1.54) is 19.2 Å². The summed E-state index contributed by atoms with van der Waals surface area (Å²) in [6.45, 7) is 5.58. The highest BCUT2D eigenvalue weighted by atomic mass is 19.1. The first-order chi connectivity index (χ1) is 21.2. The number of hydrogen-bond donors (Lipinski definition) is 2. The second-order valence-corrected chi connectivity index (χ2v) is 11.2. The predicted molar refractivity (Wildman–Crippen MR) is 162 cm³/mol. The number of aromatic nitrogens is 1. The third-order valence-electron chi connectivity index (χ3n) is 8.04. The van der Waals surface area contributed by atoms with Crippen molar-refractivity contribution in [3.8, 4) is 23.0 Å². The highest BCUT2D eigenvalue weighted by Crippen LogP contribution is 2.30. The molecule has 0 aliphatic carbocycles. The molecule has 44 heavy (non-hydrogen) atoms. The molecule has 3 heterocycles. The molecule has 4 bridgehead atoms. The first-order valence-electron chi connectivity index (χ1n) is 14.8. The predicted octanol–water partition coefficient (Wildman–Crippen LogP) is 3.63.